The van der Waals surface area contributed by atoms with E-state index in [1.54, 1.807) is 6.92 Å². The predicted molar refractivity (Wildman–Crippen MR) is 118 cm³/mol. The van der Waals surface area contributed by atoms with Gasteiger partial charge in [0.2, 0.25) is 15.9 Å². The van der Waals surface area contributed by atoms with E-state index in [1.807, 2.05) is 24.3 Å². The normalized spacial score (nSPS) is 15.5. The molecular formula is C22H26F3N3O3S. The van der Waals surface area contributed by atoms with Crippen LogP contribution in [0.4, 0.5) is 24.5 Å². The highest BCUT2D eigenvalue weighted by Crippen LogP contribution is 2.32. The lowest BCUT2D eigenvalue weighted by atomic mass is 10.1. The van der Waals surface area contributed by atoms with Crippen LogP contribution in [0.2, 0.25) is 0 Å². The van der Waals surface area contributed by atoms with E-state index in [2.05, 4.69) is 10.2 Å². The third-order valence-corrected chi connectivity index (χ3v) is 6.53. The minimum Gasteiger partial charge on any atom is -0.372 e. The lowest BCUT2D eigenvalue weighted by Gasteiger charge is -2.24. The van der Waals surface area contributed by atoms with Crippen molar-refractivity contribution in [2.24, 2.45) is 0 Å². The fourth-order valence-corrected chi connectivity index (χ4v) is 4.54. The van der Waals surface area contributed by atoms with Crippen molar-refractivity contribution >= 4 is 27.3 Å². The molecule has 1 fully saturated rings. The molecule has 3 rings (SSSR count). The van der Waals surface area contributed by atoms with Gasteiger partial charge in [0, 0.05) is 18.8 Å². The van der Waals surface area contributed by atoms with Crippen molar-refractivity contribution in [3.63, 3.8) is 0 Å². The minimum atomic E-state index is -4.63. The molecule has 0 aliphatic carbocycles. The van der Waals surface area contributed by atoms with Gasteiger partial charge in [-0.05, 0) is 55.7 Å². The Morgan fingerprint density at radius 1 is 1.12 bits per heavy atom. The van der Waals surface area contributed by atoms with Crippen LogP contribution in [-0.4, -0.2) is 40.2 Å². The van der Waals surface area contributed by atoms with Crippen molar-refractivity contribution in [2.75, 3.05) is 35.1 Å². The smallest absolute Gasteiger partial charge is 0.372 e. The highest BCUT2D eigenvalue weighted by molar-refractivity contribution is 7.92. The highest BCUT2D eigenvalue weighted by Gasteiger charge is 2.32. The summed E-state index contributed by atoms with van der Waals surface area (Å²) in [6.45, 7) is 3.17. The molecule has 32 heavy (non-hydrogen) atoms. The molecule has 10 heteroatoms. The summed E-state index contributed by atoms with van der Waals surface area (Å²) in [6.07, 6.45) is -1.45. The molecule has 1 heterocycles. The Morgan fingerprint density at radius 2 is 1.75 bits per heavy atom. The van der Waals surface area contributed by atoms with Crippen LogP contribution in [0.15, 0.2) is 48.5 Å². The number of sulfonamides is 1. The Labute approximate surface area is 186 Å². The van der Waals surface area contributed by atoms with Crippen LogP contribution in [0.3, 0.4) is 0 Å². The molecule has 0 spiro atoms. The number of amides is 1. The Balaban J connectivity index is 1.70. The Hall–Kier alpha value is -2.75. The van der Waals surface area contributed by atoms with Crippen molar-refractivity contribution in [1.82, 2.24) is 5.32 Å². The van der Waals surface area contributed by atoms with E-state index in [4.69, 9.17) is 0 Å². The zero-order valence-electron chi connectivity index (χ0n) is 17.9. The number of nitrogens with one attached hydrogen (secondary N) is 1. The molecule has 1 unspecified atom stereocenters. The summed E-state index contributed by atoms with van der Waals surface area (Å²) in [6, 6.07) is 11.3. The molecule has 1 saturated heterocycles. The fraction of sp³-hybridized carbons (Fsp3) is 0.409. The van der Waals surface area contributed by atoms with Gasteiger partial charge in [0.05, 0.1) is 23.5 Å². The molecule has 2 aromatic rings. The van der Waals surface area contributed by atoms with Gasteiger partial charge in [-0.15, -0.1) is 0 Å². The molecule has 2 aromatic carbocycles. The first-order valence-electron chi connectivity index (χ1n) is 10.2. The van der Waals surface area contributed by atoms with Crippen molar-refractivity contribution in [3.8, 4) is 0 Å². The van der Waals surface area contributed by atoms with Gasteiger partial charge in [-0.3, -0.25) is 9.10 Å². The summed E-state index contributed by atoms with van der Waals surface area (Å²) in [5.74, 6) is -0.621. The van der Waals surface area contributed by atoms with Crippen LogP contribution in [-0.2, 0) is 21.0 Å². The molecule has 1 aliphatic rings. The van der Waals surface area contributed by atoms with Crippen molar-refractivity contribution < 1.29 is 26.4 Å². The third-order valence-electron chi connectivity index (χ3n) is 5.39. The first kappa shape index (κ1) is 23.9. The number of carbonyl (C=O) groups is 1. The van der Waals surface area contributed by atoms with E-state index in [-0.39, 0.29) is 5.69 Å². The van der Waals surface area contributed by atoms with E-state index in [0.29, 0.717) is 4.31 Å². The fourth-order valence-electron chi connectivity index (χ4n) is 3.69. The number of halogens is 3. The van der Waals surface area contributed by atoms with Gasteiger partial charge in [-0.2, -0.15) is 13.2 Å². The molecule has 1 N–H and O–H groups in total. The van der Waals surface area contributed by atoms with Crippen LogP contribution in [0.1, 0.15) is 36.9 Å². The SMILES string of the molecule is CC(NC(=O)CN(c1cccc(C(F)(F)F)c1)S(C)(=O)=O)c1ccc(N2CCCC2)cc1. The van der Waals surface area contributed by atoms with Crippen LogP contribution in [0.25, 0.3) is 0 Å². The van der Waals surface area contributed by atoms with Gasteiger partial charge in [0.25, 0.3) is 0 Å². The number of benzene rings is 2. The Bertz CT molecular complexity index is 1050. The minimum absolute atomic E-state index is 0.222. The number of carbonyl (C=O) groups excluding carboxylic acids is 1. The standard InChI is InChI=1S/C22H26F3N3O3S/c1-16(17-8-10-19(11-9-17)27-12-3-4-13-27)26-21(29)15-28(32(2,30)31)20-7-5-6-18(14-20)22(23,24)25/h5-11,14,16H,3-4,12-13,15H2,1-2H3,(H,26,29). The Morgan fingerprint density at radius 3 is 2.31 bits per heavy atom. The second kappa shape index (κ2) is 9.40. The van der Waals surface area contributed by atoms with E-state index in [0.717, 1.165) is 61.6 Å². The quantitative estimate of drug-likeness (QED) is 0.667. The van der Waals surface area contributed by atoms with Crippen LogP contribution >= 0.6 is 0 Å². The molecule has 6 nitrogen and oxygen atoms in total. The molecule has 0 aromatic heterocycles. The van der Waals surface area contributed by atoms with Gasteiger partial charge < -0.3 is 10.2 Å². The van der Waals surface area contributed by atoms with Crippen LogP contribution in [0.5, 0.6) is 0 Å². The van der Waals surface area contributed by atoms with Crippen molar-refractivity contribution in [3.05, 3.63) is 59.7 Å². The maximum atomic E-state index is 13.0. The summed E-state index contributed by atoms with van der Waals surface area (Å²) >= 11 is 0. The molecular weight excluding hydrogens is 443 g/mol. The average Bonchev–Trinajstić information content (AvgIpc) is 3.25. The summed E-state index contributed by atoms with van der Waals surface area (Å²) in [4.78, 5) is 14.9. The monoisotopic (exact) mass is 469 g/mol. The maximum Gasteiger partial charge on any atom is 0.416 e. The predicted octanol–water partition coefficient (Wildman–Crippen LogP) is 3.95. The summed E-state index contributed by atoms with van der Waals surface area (Å²) < 4.78 is 64.2. The van der Waals surface area contributed by atoms with Gasteiger partial charge in [0.1, 0.15) is 6.54 Å². The first-order valence-corrected chi connectivity index (χ1v) is 12.1. The molecule has 174 valence electrons. The summed E-state index contributed by atoms with van der Waals surface area (Å²) in [5.41, 5.74) is 0.736. The van der Waals surface area contributed by atoms with Gasteiger partial charge in [-0.25, -0.2) is 8.42 Å². The highest BCUT2D eigenvalue weighted by atomic mass is 32.2. The second-order valence-electron chi connectivity index (χ2n) is 7.89. The number of nitrogens with zero attached hydrogens (tertiary/aromatic N) is 2. The number of alkyl halides is 3. The molecule has 0 bridgehead atoms. The maximum absolute atomic E-state index is 13.0. The molecule has 1 aliphatic heterocycles. The zero-order chi connectivity index (χ0) is 23.5. The average molecular weight is 470 g/mol. The zero-order valence-corrected chi connectivity index (χ0v) is 18.7. The van der Waals surface area contributed by atoms with E-state index in [1.165, 1.54) is 6.07 Å². The van der Waals surface area contributed by atoms with E-state index in [9.17, 15) is 26.4 Å². The lowest BCUT2D eigenvalue weighted by molar-refractivity contribution is -0.137. The van der Waals surface area contributed by atoms with Gasteiger partial charge in [-0.1, -0.05) is 18.2 Å². The largest absolute Gasteiger partial charge is 0.416 e. The van der Waals surface area contributed by atoms with Crippen LogP contribution in [0, 0.1) is 0 Å². The Kier molecular flexibility index (Phi) is 7.02. The molecule has 1 amide bonds. The number of anilines is 2. The topological polar surface area (TPSA) is 69.7 Å². The molecule has 0 radical (unpaired) electrons. The summed E-state index contributed by atoms with van der Waals surface area (Å²) in [5, 5.41) is 2.72. The number of hydrogen-bond acceptors (Lipinski definition) is 4. The van der Waals surface area contributed by atoms with Crippen LogP contribution < -0.4 is 14.5 Å². The number of hydrogen-bond donors (Lipinski definition) is 1. The van der Waals surface area contributed by atoms with Gasteiger partial charge >= 0.3 is 6.18 Å². The van der Waals surface area contributed by atoms with E-state index < -0.39 is 40.3 Å². The molecule has 1 atom stereocenters. The third kappa shape index (κ3) is 5.93. The second-order valence-corrected chi connectivity index (χ2v) is 9.80. The summed E-state index contributed by atoms with van der Waals surface area (Å²) in [7, 11) is -3.99. The van der Waals surface area contributed by atoms with Crippen molar-refractivity contribution in [1.29, 1.82) is 0 Å². The first-order chi connectivity index (χ1) is 14.9. The van der Waals surface area contributed by atoms with Crippen molar-refractivity contribution in [2.45, 2.75) is 32.0 Å². The van der Waals surface area contributed by atoms with E-state index >= 15 is 0 Å². The lowest BCUT2D eigenvalue weighted by Crippen LogP contribution is -2.41. The van der Waals surface area contributed by atoms with Gasteiger partial charge in [0.15, 0.2) is 0 Å². The number of rotatable bonds is 7. The molecule has 0 saturated carbocycles.